The second-order valence-electron chi connectivity index (χ2n) is 8.06. The summed E-state index contributed by atoms with van der Waals surface area (Å²) in [5.41, 5.74) is -4.43. The number of carbonyl (C=O) groups excluding carboxylic acids is 2. The summed E-state index contributed by atoms with van der Waals surface area (Å²) in [6.07, 6.45) is -11.6. The topological polar surface area (TPSA) is 58.2 Å². The molecule has 0 saturated heterocycles. The van der Waals surface area contributed by atoms with E-state index in [9.17, 15) is 53.5 Å². The first kappa shape index (κ1) is 30.1. The monoisotopic (exact) mass is 618 g/mol. The van der Waals surface area contributed by atoms with Gasteiger partial charge in [-0.05, 0) is 29.8 Å². The van der Waals surface area contributed by atoms with E-state index in [1.165, 1.54) is 6.07 Å². The number of halogens is 13. The molecule has 3 rings (SSSR count). The van der Waals surface area contributed by atoms with Crippen molar-refractivity contribution in [3.8, 4) is 0 Å². The lowest BCUT2D eigenvalue weighted by atomic mass is 10.1. The van der Waals surface area contributed by atoms with Gasteiger partial charge in [0.2, 0.25) is 5.91 Å². The van der Waals surface area contributed by atoms with E-state index in [0.717, 1.165) is 17.4 Å². The minimum absolute atomic E-state index is 0.0601. The van der Waals surface area contributed by atoms with E-state index in [4.69, 9.17) is 34.8 Å². The van der Waals surface area contributed by atoms with Crippen molar-refractivity contribution in [2.45, 2.75) is 28.5 Å². The van der Waals surface area contributed by atoms with E-state index < -0.39 is 81.3 Å². The Labute approximate surface area is 221 Å². The van der Waals surface area contributed by atoms with Crippen LogP contribution in [0.1, 0.15) is 27.4 Å². The molecule has 1 aliphatic carbocycles. The minimum Gasteiger partial charge on any atom is -0.346 e. The van der Waals surface area contributed by atoms with Gasteiger partial charge in [0, 0.05) is 11.6 Å². The molecule has 0 aromatic heterocycles. The second kappa shape index (κ2) is 9.94. The number of hydrogen-bond donors (Lipinski definition) is 2. The highest BCUT2D eigenvalue weighted by atomic mass is 35.5. The number of carbonyl (C=O) groups is 2. The van der Waals surface area contributed by atoms with Gasteiger partial charge in [0.1, 0.15) is 16.0 Å². The summed E-state index contributed by atoms with van der Waals surface area (Å²) >= 11 is 17.9. The molecular formula is C21H11Cl3F10N2O2. The molecule has 2 unspecified atom stereocenters. The summed E-state index contributed by atoms with van der Waals surface area (Å²) in [5, 5.41) is 2.60. The maximum Gasteiger partial charge on any atom is 0.455 e. The number of anilines is 1. The van der Waals surface area contributed by atoms with Crippen molar-refractivity contribution in [3.05, 3.63) is 63.7 Å². The summed E-state index contributed by atoms with van der Waals surface area (Å²) in [5.74, 6) is -14.2. The molecule has 0 heterocycles. The van der Waals surface area contributed by atoms with E-state index in [0.29, 0.717) is 6.07 Å². The molecule has 2 atom stereocenters. The molecule has 0 bridgehead atoms. The fraction of sp³-hybridized carbons (Fsp3) is 0.333. The van der Waals surface area contributed by atoms with E-state index in [2.05, 4.69) is 0 Å². The average molecular weight is 620 g/mol. The second-order valence-corrected chi connectivity index (χ2v) is 9.91. The van der Waals surface area contributed by atoms with Crippen LogP contribution in [-0.2, 0) is 11.0 Å². The molecule has 2 amide bonds. The van der Waals surface area contributed by atoms with Gasteiger partial charge in [-0.25, -0.2) is 8.78 Å². The molecule has 2 aromatic carbocycles. The van der Waals surface area contributed by atoms with E-state index in [1.54, 1.807) is 0 Å². The normalized spacial score (nSPS) is 19.2. The first-order valence-corrected chi connectivity index (χ1v) is 11.1. The van der Waals surface area contributed by atoms with Gasteiger partial charge in [0.25, 0.3) is 5.91 Å². The number of nitrogens with one attached hydrogen (secondary N) is 2. The lowest BCUT2D eigenvalue weighted by molar-refractivity contribution is -0.278. The van der Waals surface area contributed by atoms with Gasteiger partial charge in [-0.3, -0.25) is 9.59 Å². The van der Waals surface area contributed by atoms with E-state index in [1.807, 2.05) is 5.32 Å². The van der Waals surface area contributed by atoms with Crippen molar-refractivity contribution >= 4 is 52.3 Å². The first-order valence-electron chi connectivity index (χ1n) is 9.95. The average Bonchev–Trinajstić information content (AvgIpc) is 3.35. The fourth-order valence-corrected chi connectivity index (χ4v) is 4.47. The van der Waals surface area contributed by atoms with Crippen LogP contribution >= 0.6 is 34.8 Å². The Kier molecular flexibility index (Phi) is 7.87. The molecule has 1 aliphatic rings. The van der Waals surface area contributed by atoms with Crippen LogP contribution in [0, 0.1) is 17.6 Å². The summed E-state index contributed by atoms with van der Waals surface area (Å²) in [6.45, 7) is -2.41. The molecule has 17 heteroatoms. The Balaban J connectivity index is 1.90. The lowest BCUT2D eigenvalue weighted by Gasteiger charge is -2.20. The maximum atomic E-state index is 14.4. The molecule has 2 aromatic rings. The summed E-state index contributed by atoms with van der Waals surface area (Å²) < 4.78 is 129. The predicted molar refractivity (Wildman–Crippen MR) is 115 cm³/mol. The van der Waals surface area contributed by atoms with Gasteiger partial charge >= 0.3 is 18.3 Å². The maximum absolute atomic E-state index is 14.4. The third-order valence-electron chi connectivity index (χ3n) is 5.41. The standard InChI is InChI=1S/C21H11Cl3F10N2O2/c22-11-3-7(1-2-12(11)25)13-14(19(13,23)24)17(38)36-8-4-9(15(26)10(5-8)20(29,30)31)16(37)35-6-18(27,28)21(32,33)34/h1-5,13-14H,6H2,(H,35,37)(H,36,38). The van der Waals surface area contributed by atoms with Crippen LogP contribution in [0.3, 0.4) is 0 Å². The summed E-state index contributed by atoms with van der Waals surface area (Å²) in [4.78, 5) is 24.8. The van der Waals surface area contributed by atoms with Crippen LogP contribution < -0.4 is 10.6 Å². The molecule has 0 aliphatic heterocycles. The van der Waals surface area contributed by atoms with Crippen molar-refractivity contribution in [1.82, 2.24) is 5.32 Å². The van der Waals surface area contributed by atoms with Gasteiger partial charge < -0.3 is 10.6 Å². The SMILES string of the molecule is O=C(NCC(F)(F)C(F)(F)F)c1cc(NC(=O)C2C(c3ccc(F)c(Cl)c3)C2(Cl)Cl)cc(C(F)(F)F)c1F. The van der Waals surface area contributed by atoms with Crippen LogP contribution in [0.5, 0.6) is 0 Å². The quantitative estimate of drug-likeness (QED) is 0.268. The van der Waals surface area contributed by atoms with Crippen molar-refractivity contribution in [2.75, 3.05) is 11.9 Å². The third kappa shape index (κ3) is 5.91. The molecule has 1 saturated carbocycles. The fourth-order valence-electron chi connectivity index (χ4n) is 3.45. The Morgan fingerprint density at radius 3 is 2.08 bits per heavy atom. The largest absolute Gasteiger partial charge is 0.455 e. The highest BCUT2D eigenvalue weighted by molar-refractivity contribution is 6.53. The zero-order valence-electron chi connectivity index (χ0n) is 18.0. The van der Waals surface area contributed by atoms with Crippen LogP contribution in [0.4, 0.5) is 49.6 Å². The van der Waals surface area contributed by atoms with Crippen molar-refractivity contribution < 1.29 is 53.5 Å². The van der Waals surface area contributed by atoms with Crippen LogP contribution in [-0.4, -0.2) is 34.8 Å². The van der Waals surface area contributed by atoms with Crippen LogP contribution in [0.25, 0.3) is 0 Å². The minimum atomic E-state index is -6.11. The first-order chi connectivity index (χ1) is 17.2. The molecule has 2 N–H and O–H groups in total. The Hall–Kier alpha value is -2.45. The zero-order valence-corrected chi connectivity index (χ0v) is 20.2. The van der Waals surface area contributed by atoms with Crippen LogP contribution in [0.2, 0.25) is 5.02 Å². The number of rotatable bonds is 6. The van der Waals surface area contributed by atoms with Gasteiger partial charge in [-0.1, -0.05) is 17.7 Å². The predicted octanol–water partition coefficient (Wildman–Crippen LogP) is 7.09. The highest BCUT2D eigenvalue weighted by Crippen LogP contribution is 2.65. The Morgan fingerprint density at radius 1 is 0.947 bits per heavy atom. The summed E-state index contributed by atoms with van der Waals surface area (Å²) in [6, 6.07) is 3.59. The lowest BCUT2D eigenvalue weighted by Crippen LogP contribution is -2.47. The van der Waals surface area contributed by atoms with Gasteiger partial charge in [0.15, 0.2) is 0 Å². The van der Waals surface area contributed by atoms with Crippen molar-refractivity contribution in [3.63, 3.8) is 0 Å². The zero-order chi connectivity index (χ0) is 29.0. The molecule has 4 nitrogen and oxygen atoms in total. The molecule has 208 valence electrons. The van der Waals surface area contributed by atoms with E-state index in [-0.39, 0.29) is 16.7 Å². The smallest absolute Gasteiger partial charge is 0.346 e. The summed E-state index contributed by atoms with van der Waals surface area (Å²) in [7, 11) is 0. The number of benzene rings is 2. The number of hydrogen-bond acceptors (Lipinski definition) is 2. The highest BCUT2D eigenvalue weighted by Gasteiger charge is 2.67. The van der Waals surface area contributed by atoms with Crippen molar-refractivity contribution in [2.24, 2.45) is 5.92 Å². The Morgan fingerprint density at radius 2 is 1.55 bits per heavy atom. The number of alkyl halides is 10. The van der Waals surface area contributed by atoms with Gasteiger partial charge in [-0.15, -0.1) is 23.2 Å². The molecule has 1 fully saturated rings. The molecular weight excluding hydrogens is 609 g/mol. The van der Waals surface area contributed by atoms with Crippen LogP contribution in [0.15, 0.2) is 30.3 Å². The molecule has 0 radical (unpaired) electrons. The Bertz CT molecular complexity index is 1280. The number of amides is 2. The van der Waals surface area contributed by atoms with E-state index >= 15 is 0 Å². The van der Waals surface area contributed by atoms with Crippen molar-refractivity contribution in [1.29, 1.82) is 0 Å². The molecule has 0 spiro atoms. The molecule has 38 heavy (non-hydrogen) atoms. The third-order valence-corrected chi connectivity index (χ3v) is 6.64. The van der Waals surface area contributed by atoms with Gasteiger partial charge in [0.05, 0.1) is 28.6 Å². The van der Waals surface area contributed by atoms with Gasteiger partial charge in [-0.2, -0.15) is 35.1 Å².